The number of hydrogen-bond acceptors (Lipinski definition) is 1. The van der Waals surface area contributed by atoms with Crippen LogP contribution in [0.1, 0.15) is 36.8 Å². The Morgan fingerprint density at radius 2 is 1.48 bits per heavy atom. The van der Waals surface area contributed by atoms with Crippen LogP contribution in [0.15, 0.2) is 89.5 Å². The van der Waals surface area contributed by atoms with Crippen LogP contribution in [0.4, 0.5) is 0 Å². The van der Waals surface area contributed by atoms with Crippen LogP contribution in [0.2, 0.25) is 0 Å². The lowest BCUT2D eigenvalue weighted by atomic mass is 9.94. The van der Waals surface area contributed by atoms with Crippen LogP contribution in [-0.2, 0) is 0 Å². The molecule has 2 aromatic carbocycles. The fourth-order valence-corrected chi connectivity index (χ4v) is 2.98. The largest absolute Gasteiger partial charge is 0.279 e. The third kappa shape index (κ3) is 4.07. The molecule has 0 radical (unpaired) electrons. The Morgan fingerprint density at radius 1 is 0.870 bits per heavy atom. The van der Waals surface area contributed by atoms with Crippen LogP contribution in [0.5, 0.6) is 0 Å². The molecule has 0 unspecified atom stereocenters. The predicted octanol–water partition coefficient (Wildman–Crippen LogP) is 5.58. The standard InChI is InChI=1S/C22H23N/c1-18(19-11-5-2-6-12-19)17-23-22(20-13-7-3-8-14-20)21-15-9-4-10-16-21/h3-4,7-11,13-16H,1-2,5-6,12,17H2. The van der Waals surface area contributed by atoms with Crippen LogP contribution in [0.25, 0.3) is 0 Å². The van der Waals surface area contributed by atoms with E-state index in [1.54, 1.807) is 0 Å². The summed E-state index contributed by atoms with van der Waals surface area (Å²) in [5.74, 6) is 0. The van der Waals surface area contributed by atoms with Gasteiger partial charge in [-0.1, -0.05) is 73.3 Å². The number of allylic oxidation sites excluding steroid dienone is 1. The molecule has 0 heterocycles. The third-order valence-corrected chi connectivity index (χ3v) is 4.27. The van der Waals surface area contributed by atoms with Gasteiger partial charge in [0.05, 0.1) is 12.3 Å². The van der Waals surface area contributed by atoms with Gasteiger partial charge in [0.15, 0.2) is 0 Å². The molecular weight excluding hydrogens is 278 g/mol. The summed E-state index contributed by atoms with van der Waals surface area (Å²) < 4.78 is 0. The SMILES string of the molecule is C=C(CN=C(c1ccccc1)c1ccccc1)C1=CCCCC1. The second-order valence-corrected chi connectivity index (χ2v) is 5.98. The van der Waals surface area contributed by atoms with Gasteiger partial charge in [0, 0.05) is 11.1 Å². The van der Waals surface area contributed by atoms with Crippen LogP contribution in [0, 0.1) is 0 Å². The lowest BCUT2D eigenvalue weighted by Crippen LogP contribution is -2.06. The van der Waals surface area contributed by atoms with Gasteiger partial charge in [0.25, 0.3) is 0 Å². The summed E-state index contributed by atoms with van der Waals surface area (Å²) in [5.41, 5.74) is 5.92. The molecule has 0 atom stereocenters. The number of benzene rings is 2. The second kappa shape index (κ2) is 7.73. The molecule has 0 amide bonds. The maximum Gasteiger partial charge on any atom is 0.0723 e. The zero-order valence-electron chi connectivity index (χ0n) is 13.5. The van der Waals surface area contributed by atoms with Crippen molar-refractivity contribution in [2.24, 2.45) is 4.99 Å². The molecule has 1 aliphatic carbocycles. The van der Waals surface area contributed by atoms with Gasteiger partial charge >= 0.3 is 0 Å². The molecule has 0 aliphatic heterocycles. The zero-order valence-corrected chi connectivity index (χ0v) is 13.5. The average molecular weight is 301 g/mol. The van der Waals surface area contributed by atoms with E-state index in [0.29, 0.717) is 6.54 Å². The first-order chi connectivity index (χ1) is 11.3. The van der Waals surface area contributed by atoms with Crippen molar-refractivity contribution in [1.29, 1.82) is 0 Å². The minimum atomic E-state index is 0.672. The van der Waals surface area contributed by atoms with Crippen molar-refractivity contribution in [2.45, 2.75) is 25.7 Å². The highest BCUT2D eigenvalue weighted by Crippen LogP contribution is 2.23. The molecule has 0 fully saturated rings. The topological polar surface area (TPSA) is 12.4 Å². The lowest BCUT2D eigenvalue weighted by molar-refractivity contribution is 0.704. The molecule has 1 heteroatoms. The van der Waals surface area contributed by atoms with E-state index in [4.69, 9.17) is 4.99 Å². The van der Waals surface area contributed by atoms with Gasteiger partial charge in [-0.25, -0.2) is 0 Å². The van der Waals surface area contributed by atoms with Gasteiger partial charge in [-0.15, -0.1) is 0 Å². The quantitative estimate of drug-likeness (QED) is 0.639. The molecule has 1 nitrogen and oxygen atoms in total. The fraction of sp³-hybridized carbons (Fsp3) is 0.227. The lowest BCUT2D eigenvalue weighted by Gasteiger charge is -2.14. The van der Waals surface area contributed by atoms with Crippen LogP contribution < -0.4 is 0 Å². The Kier molecular flexibility index (Phi) is 5.21. The van der Waals surface area contributed by atoms with E-state index < -0.39 is 0 Å². The molecule has 0 N–H and O–H groups in total. The van der Waals surface area contributed by atoms with Crippen molar-refractivity contribution >= 4 is 5.71 Å². The van der Waals surface area contributed by atoms with Gasteiger partial charge < -0.3 is 0 Å². The van der Waals surface area contributed by atoms with Crippen LogP contribution in [0.3, 0.4) is 0 Å². The molecule has 0 spiro atoms. The Balaban J connectivity index is 1.86. The molecule has 116 valence electrons. The van der Waals surface area contributed by atoms with E-state index >= 15 is 0 Å². The summed E-state index contributed by atoms with van der Waals surface area (Å²) in [6.45, 7) is 4.93. The molecule has 2 aromatic rings. The minimum Gasteiger partial charge on any atom is -0.279 e. The molecule has 3 rings (SSSR count). The summed E-state index contributed by atoms with van der Waals surface area (Å²) in [5, 5.41) is 0. The number of hydrogen-bond donors (Lipinski definition) is 0. The highest BCUT2D eigenvalue weighted by molar-refractivity contribution is 6.12. The fourth-order valence-electron chi connectivity index (χ4n) is 2.98. The molecule has 0 saturated carbocycles. The number of rotatable bonds is 5. The Morgan fingerprint density at radius 3 is 2.00 bits per heavy atom. The van der Waals surface area contributed by atoms with E-state index in [1.807, 2.05) is 12.1 Å². The van der Waals surface area contributed by atoms with Crippen molar-refractivity contribution in [2.75, 3.05) is 6.54 Å². The molecule has 23 heavy (non-hydrogen) atoms. The minimum absolute atomic E-state index is 0.672. The van der Waals surface area contributed by atoms with Gasteiger partial charge in [-0.05, 0) is 36.8 Å². The molecule has 0 saturated heterocycles. The summed E-state index contributed by atoms with van der Waals surface area (Å²) in [6.07, 6.45) is 7.26. The monoisotopic (exact) mass is 301 g/mol. The summed E-state index contributed by atoms with van der Waals surface area (Å²) in [4.78, 5) is 4.92. The maximum absolute atomic E-state index is 4.92. The van der Waals surface area contributed by atoms with E-state index in [9.17, 15) is 0 Å². The van der Waals surface area contributed by atoms with Crippen molar-refractivity contribution in [3.8, 4) is 0 Å². The first-order valence-corrected chi connectivity index (χ1v) is 8.37. The van der Waals surface area contributed by atoms with Crippen LogP contribution >= 0.6 is 0 Å². The normalized spacial score (nSPS) is 14.0. The predicted molar refractivity (Wildman–Crippen MR) is 99.1 cm³/mol. The van der Waals surface area contributed by atoms with Gasteiger partial charge in [-0.2, -0.15) is 0 Å². The Labute approximate surface area is 139 Å². The van der Waals surface area contributed by atoms with Gasteiger partial charge in [0.2, 0.25) is 0 Å². The van der Waals surface area contributed by atoms with E-state index in [2.05, 4.69) is 61.2 Å². The summed E-state index contributed by atoms with van der Waals surface area (Å²) in [7, 11) is 0. The van der Waals surface area contributed by atoms with Crippen molar-refractivity contribution in [3.05, 3.63) is 95.6 Å². The molecule has 0 bridgehead atoms. The van der Waals surface area contributed by atoms with Crippen LogP contribution in [-0.4, -0.2) is 12.3 Å². The smallest absolute Gasteiger partial charge is 0.0723 e. The van der Waals surface area contributed by atoms with Gasteiger partial charge in [-0.3, -0.25) is 4.99 Å². The van der Waals surface area contributed by atoms with Crippen molar-refractivity contribution in [1.82, 2.24) is 0 Å². The highest BCUT2D eigenvalue weighted by Gasteiger charge is 2.09. The maximum atomic E-state index is 4.92. The Hall–Kier alpha value is -2.41. The number of aliphatic imine (C=N–C) groups is 1. The van der Waals surface area contributed by atoms with Crippen molar-refractivity contribution in [3.63, 3.8) is 0 Å². The van der Waals surface area contributed by atoms with Gasteiger partial charge in [0.1, 0.15) is 0 Å². The molecular formula is C22H23N. The van der Waals surface area contributed by atoms with E-state index in [0.717, 1.165) is 28.8 Å². The summed E-state index contributed by atoms with van der Waals surface area (Å²) in [6, 6.07) is 20.8. The van der Waals surface area contributed by atoms with E-state index in [1.165, 1.54) is 24.8 Å². The number of nitrogens with zero attached hydrogens (tertiary/aromatic N) is 1. The molecule has 1 aliphatic rings. The highest BCUT2D eigenvalue weighted by atomic mass is 14.7. The first-order valence-electron chi connectivity index (χ1n) is 8.37. The molecule has 0 aromatic heterocycles. The zero-order chi connectivity index (χ0) is 15.9. The Bertz CT molecular complexity index is 667. The third-order valence-electron chi connectivity index (χ3n) is 4.27. The second-order valence-electron chi connectivity index (χ2n) is 5.98. The average Bonchev–Trinajstić information content (AvgIpc) is 2.64. The first kappa shape index (κ1) is 15.5. The van der Waals surface area contributed by atoms with E-state index in [-0.39, 0.29) is 0 Å². The van der Waals surface area contributed by atoms with Crippen molar-refractivity contribution < 1.29 is 0 Å². The summed E-state index contributed by atoms with van der Waals surface area (Å²) >= 11 is 0.